The highest BCUT2D eigenvalue weighted by atomic mass is 15.1. The number of nitrogens with zero attached hydrogens (tertiary/aromatic N) is 2. The second kappa shape index (κ2) is 11.6. The molecule has 0 radical (unpaired) electrons. The molecule has 1 aromatic heterocycles. The van der Waals surface area contributed by atoms with E-state index < -0.39 is 0 Å². The van der Waals surface area contributed by atoms with Crippen LogP contribution in [0.15, 0.2) is 97.3 Å². The first-order chi connectivity index (χ1) is 18.5. The van der Waals surface area contributed by atoms with Gasteiger partial charge in [-0.05, 0) is 90.8 Å². The van der Waals surface area contributed by atoms with E-state index in [9.17, 15) is 0 Å². The molecule has 192 valence electrons. The first kappa shape index (κ1) is 25.7. The molecule has 4 aromatic carbocycles. The zero-order valence-corrected chi connectivity index (χ0v) is 23.2. The quantitative estimate of drug-likeness (QED) is 0.185. The first-order valence-electron chi connectivity index (χ1n) is 14.0. The number of unbranched alkanes of at least 4 members (excludes halogenated alkanes) is 3. The van der Waals surface area contributed by atoms with Gasteiger partial charge in [0.25, 0.3) is 0 Å². The molecule has 5 aromatic rings. The van der Waals surface area contributed by atoms with Gasteiger partial charge < -0.3 is 0 Å². The van der Waals surface area contributed by atoms with Crippen LogP contribution < -0.4 is 0 Å². The lowest BCUT2D eigenvalue weighted by Gasteiger charge is -2.17. The summed E-state index contributed by atoms with van der Waals surface area (Å²) in [7, 11) is 0. The molecule has 0 aliphatic carbocycles. The Bertz CT molecular complexity index is 1500. The van der Waals surface area contributed by atoms with Gasteiger partial charge in [-0.15, -0.1) is 0 Å². The van der Waals surface area contributed by atoms with Gasteiger partial charge in [0.15, 0.2) is 0 Å². The fourth-order valence-corrected chi connectivity index (χ4v) is 5.48. The Morgan fingerprint density at radius 2 is 1.32 bits per heavy atom. The first-order valence-corrected chi connectivity index (χ1v) is 14.0. The second-order valence-corrected chi connectivity index (χ2v) is 10.5. The van der Waals surface area contributed by atoms with Crippen molar-refractivity contribution < 1.29 is 0 Å². The molecule has 0 unspecified atom stereocenters. The van der Waals surface area contributed by atoms with Gasteiger partial charge in [0.05, 0.1) is 5.69 Å². The standard InChI is InChI=1S/C36H38N2/c1-5-6-7-8-12-29-16-18-30(19-17-29)34-23-27(3)35(28(4)24-34)38-21-20-37-36(38)33-15-10-14-32(25-33)31-13-9-11-26(2)22-31/h9-11,13-25H,5-8,12H2,1-4H3. The van der Waals surface area contributed by atoms with Gasteiger partial charge in [-0.3, -0.25) is 4.57 Å². The van der Waals surface area contributed by atoms with Crippen molar-refractivity contribution in [3.63, 3.8) is 0 Å². The summed E-state index contributed by atoms with van der Waals surface area (Å²) in [6, 6.07) is 31.1. The number of hydrogen-bond donors (Lipinski definition) is 0. The molecule has 0 saturated carbocycles. The summed E-state index contributed by atoms with van der Waals surface area (Å²) in [4.78, 5) is 4.79. The van der Waals surface area contributed by atoms with Crippen molar-refractivity contribution >= 4 is 0 Å². The summed E-state index contributed by atoms with van der Waals surface area (Å²) in [6.07, 6.45) is 10.4. The molecule has 0 amide bonds. The molecule has 38 heavy (non-hydrogen) atoms. The number of hydrogen-bond acceptors (Lipinski definition) is 1. The van der Waals surface area contributed by atoms with Crippen LogP contribution in [0.1, 0.15) is 54.9 Å². The Morgan fingerprint density at radius 1 is 0.632 bits per heavy atom. The predicted molar refractivity (Wildman–Crippen MR) is 162 cm³/mol. The van der Waals surface area contributed by atoms with Crippen molar-refractivity contribution in [2.75, 3.05) is 0 Å². The zero-order valence-electron chi connectivity index (χ0n) is 23.2. The van der Waals surface area contributed by atoms with E-state index in [2.05, 4.69) is 123 Å². The van der Waals surface area contributed by atoms with Gasteiger partial charge in [0.2, 0.25) is 0 Å². The summed E-state index contributed by atoms with van der Waals surface area (Å²) in [5, 5.41) is 0. The average molecular weight is 499 g/mol. The topological polar surface area (TPSA) is 17.8 Å². The molecule has 0 atom stereocenters. The van der Waals surface area contributed by atoms with Crippen molar-refractivity contribution in [2.45, 2.75) is 59.8 Å². The van der Waals surface area contributed by atoms with Crippen LogP contribution in [-0.4, -0.2) is 9.55 Å². The van der Waals surface area contributed by atoms with Crippen LogP contribution in [0.25, 0.3) is 39.3 Å². The van der Waals surface area contributed by atoms with E-state index in [4.69, 9.17) is 4.98 Å². The summed E-state index contributed by atoms with van der Waals surface area (Å²) in [6.45, 7) is 8.82. The highest BCUT2D eigenvalue weighted by Gasteiger charge is 2.14. The summed E-state index contributed by atoms with van der Waals surface area (Å²) >= 11 is 0. The number of aromatic nitrogens is 2. The Morgan fingerprint density at radius 3 is 2.03 bits per heavy atom. The minimum atomic E-state index is 0.964. The number of benzene rings is 4. The number of imidazole rings is 1. The molecule has 0 N–H and O–H groups in total. The summed E-state index contributed by atoms with van der Waals surface area (Å²) in [5.41, 5.74) is 12.5. The second-order valence-electron chi connectivity index (χ2n) is 10.5. The molecular formula is C36H38N2. The third-order valence-corrected chi connectivity index (χ3v) is 7.45. The molecule has 1 heterocycles. The summed E-state index contributed by atoms with van der Waals surface area (Å²) < 4.78 is 2.24. The van der Waals surface area contributed by atoms with Gasteiger partial charge in [0, 0.05) is 18.0 Å². The average Bonchev–Trinajstić information content (AvgIpc) is 3.40. The lowest BCUT2D eigenvalue weighted by atomic mass is 9.96. The van der Waals surface area contributed by atoms with Crippen LogP contribution in [-0.2, 0) is 6.42 Å². The molecule has 0 spiro atoms. The van der Waals surface area contributed by atoms with Crippen LogP contribution in [0.4, 0.5) is 0 Å². The number of rotatable bonds is 9. The van der Waals surface area contributed by atoms with Gasteiger partial charge >= 0.3 is 0 Å². The predicted octanol–water partition coefficient (Wildman–Crippen LogP) is 9.92. The van der Waals surface area contributed by atoms with Crippen LogP contribution in [0.5, 0.6) is 0 Å². The molecule has 2 nitrogen and oxygen atoms in total. The largest absolute Gasteiger partial charge is 0.299 e. The normalized spacial score (nSPS) is 11.2. The molecule has 0 aliphatic heterocycles. The summed E-state index contributed by atoms with van der Waals surface area (Å²) in [5.74, 6) is 0.964. The fourth-order valence-electron chi connectivity index (χ4n) is 5.48. The van der Waals surface area contributed by atoms with E-state index in [1.165, 1.54) is 82.3 Å². The SMILES string of the molecule is CCCCCCc1ccc(-c2cc(C)c(-n3ccnc3-c3cccc(-c4cccc(C)c4)c3)c(C)c2)cc1. The van der Waals surface area contributed by atoms with Gasteiger partial charge in [-0.25, -0.2) is 4.98 Å². The van der Waals surface area contributed by atoms with Crippen molar-refractivity contribution in [3.05, 3.63) is 120 Å². The zero-order chi connectivity index (χ0) is 26.5. The Labute approximate surface area is 228 Å². The lowest BCUT2D eigenvalue weighted by Crippen LogP contribution is -2.02. The minimum Gasteiger partial charge on any atom is -0.299 e. The maximum absolute atomic E-state index is 4.79. The van der Waals surface area contributed by atoms with Crippen LogP contribution in [0.3, 0.4) is 0 Å². The molecule has 0 saturated heterocycles. The van der Waals surface area contributed by atoms with Crippen molar-refractivity contribution in [3.8, 4) is 39.3 Å². The molecule has 0 aliphatic rings. The van der Waals surface area contributed by atoms with Gasteiger partial charge in [-0.1, -0.05) is 98.5 Å². The Kier molecular flexibility index (Phi) is 7.89. The Balaban J connectivity index is 1.43. The molecule has 2 heteroatoms. The lowest BCUT2D eigenvalue weighted by molar-refractivity contribution is 0.667. The smallest absolute Gasteiger partial charge is 0.144 e. The highest BCUT2D eigenvalue weighted by molar-refractivity contribution is 5.73. The van der Waals surface area contributed by atoms with Crippen LogP contribution >= 0.6 is 0 Å². The highest BCUT2D eigenvalue weighted by Crippen LogP contribution is 2.32. The van der Waals surface area contributed by atoms with Gasteiger partial charge in [-0.2, -0.15) is 0 Å². The number of aryl methyl sites for hydroxylation is 4. The third-order valence-electron chi connectivity index (χ3n) is 7.45. The molecule has 0 bridgehead atoms. The van der Waals surface area contributed by atoms with Crippen LogP contribution in [0, 0.1) is 20.8 Å². The van der Waals surface area contributed by atoms with E-state index in [1.54, 1.807) is 0 Å². The monoisotopic (exact) mass is 498 g/mol. The van der Waals surface area contributed by atoms with E-state index >= 15 is 0 Å². The van der Waals surface area contributed by atoms with E-state index in [1.807, 2.05) is 6.20 Å². The maximum atomic E-state index is 4.79. The van der Waals surface area contributed by atoms with E-state index in [-0.39, 0.29) is 0 Å². The molecular weight excluding hydrogens is 460 g/mol. The van der Waals surface area contributed by atoms with Crippen molar-refractivity contribution in [1.29, 1.82) is 0 Å². The van der Waals surface area contributed by atoms with Gasteiger partial charge in [0.1, 0.15) is 5.82 Å². The van der Waals surface area contributed by atoms with Crippen LogP contribution in [0.2, 0.25) is 0 Å². The molecule has 0 fully saturated rings. The van der Waals surface area contributed by atoms with Crippen molar-refractivity contribution in [1.82, 2.24) is 9.55 Å². The third kappa shape index (κ3) is 5.65. The molecule has 5 rings (SSSR count). The Hall–Kier alpha value is -3.91. The van der Waals surface area contributed by atoms with E-state index in [0.29, 0.717) is 0 Å². The van der Waals surface area contributed by atoms with Crippen molar-refractivity contribution in [2.24, 2.45) is 0 Å². The van der Waals surface area contributed by atoms with E-state index in [0.717, 1.165) is 11.4 Å². The maximum Gasteiger partial charge on any atom is 0.144 e. The fraction of sp³-hybridized carbons (Fsp3) is 0.250. The minimum absolute atomic E-state index is 0.964.